The van der Waals surface area contributed by atoms with Gasteiger partial charge in [-0.15, -0.1) is 0 Å². The zero-order valence-electron chi connectivity index (χ0n) is 9.01. The van der Waals surface area contributed by atoms with E-state index in [0.717, 1.165) is 10.8 Å². The molecule has 2 aromatic carbocycles. The fourth-order valence-corrected chi connectivity index (χ4v) is 2.13. The smallest absolute Gasteiger partial charge is 0.336 e. The Morgan fingerprint density at radius 1 is 1.18 bits per heavy atom. The standard InChI is InChI=1S/C14H10O3/c15-14(16)12-7-8-17-13-10-4-2-1-3-9(10)5-6-11(12)13/h1-7H,8H2,(H,15,16). The van der Waals surface area contributed by atoms with Crippen LogP contribution in [0.5, 0.6) is 5.75 Å². The second-order valence-electron chi connectivity index (χ2n) is 3.90. The molecule has 1 heterocycles. The lowest BCUT2D eigenvalue weighted by Crippen LogP contribution is -2.10. The number of ether oxygens (including phenoxy) is 1. The minimum atomic E-state index is -0.912. The summed E-state index contributed by atoms with van der Waals surface area (Å²) in [6.07, 6.45) is 1.60. The van der Waals surface area contributed by atoms with E-state index in [0.29, 0.717) is 23.5 Å². The van der Waals surface area contributed by atoms with Crippen molar-refractivity contribution in [3.63, 3.8) is 0 Å². The molecule has 3 nitrogen and oxygen atoms in total. The molecular formula is C14H10O3. The van der Waals surface area contributed by atoms with Gasteiger partial charge in [-0.3, -0.25) is 0 Å². The number of fused-ring (bicyclic) bond motifs is 3. The number of hydrogen-bond acceptors (Lipinski definition) is 2. The molecule has 0 fully saturated rings. The van der Waals surface area contributed by atoms with Crippen molar-refractivity contribution in [2.24, 2.45) is 0 Å². The first-order chi connectivity index (χ1) is 8.27. The molecule has 1 N–H and O–H groups in total. The highest BCUT2D eigenvalue weighted by atomic mass is 16.5. The Morgan fingerprint density at radius 2 is 2.00 bits per heavy atom. The van der Waals surface area contributed by atoms with Gasteiger partial charge < -0.3 is 9.84 Å². The topological polar surface area (TPSA) is 46.5 Å². The van der Waals surface area contributed by atoms with Crippen LogP contribution in [0, 0.1) is 0 Å². The lowest BCUT2D eigenvalue weighted by atomic mass is 9.98. The number of rotatable bonds is 1. The average molecular weight is 226 g/mol. The molecule has 0 spiro atoms. The van der Waals surface area contributed by atoms with Gasteiger partial charge in [0.25, 0.3) is 0 Å². The molecule has 1 aliphatic rings. The van der Waals surface area contributed by atoms with Gasteiger partial charge in [-0.25, -0.2) is 4.79 Å². The Bertz CT molecular complexity index is 641. The predicted octanol–water partition coefficient (Wildman–Crippen LogP) is 2.70. The Morgan fingerprint density at radius 3 is 2.82 bits per heavy atom. The summed E-state index contributed by atoms with van der Waals surface area (Å²) in [6, 6.07) is 11.5. The third kappa shape index (κ3) is 1.47. The summed E-state index contributed by atoms with van der Waals surface area (Å²) in [5.74, 6) is -0.243. The molecule has 0 amide bonds. The van der Waals surface area contributed by atoms with E-state index in [1.807, 2.05) is 30.3 Å². The van der Waals surface area contributed by atoms with Crippen molar-refractivity contribution in [2.45, 2.75) is 0 Å². The van der Waals surface area contributed by atoms with Crippen LogP contribution < -0.4 is 4.74 Å². The molecule has 0 atom stereocenters. The quantitative estimate of drug-likeness (QED) is 0.813. The van der Waals surface area contributed by atoms with Crippen LogP contribution in [-0.2, 0) is 4.79 Å². The summed E-state index contributed by atoms with van der Waals surface area (Å²) in [5.41, 5.74) is 0.972. The molecular weight excluding hydrogens is 216 g/mol. The van der Waals surface area contributed by atoms with Crippen LogP contribution in [0.25, 0.3) is 16.3 Å². The molecule has 84 valence electrons. The number of aliphatic carboxylic acids is 1. The van der Waals surface area contributed by atoms with E-state index in [9.17, 15) is 4.79 Å². The summed E-state index contributed by atoms with van der Waals surface area (Å²) in [7, 11) is 0. The van der Waals surface area contributed by atoms with Crippen molar-refractivity contribution >= 4 is 22.3 Å². The summed E-state index contributed by atoms with van der Waals surface area (Å²) < 4.78 is 5.58. The summed E-state index contributed by atoms with van der Waals surface area (Å²) in [6.45, 7) is 0.308. The Hall–Kier alpha value is -2.29. The van der Waals surface area contributed by atoms with Gasteiger partial charge in [-0.2, -0.15) is 0 Å². The third-order valence-corrected chi connectivity index (χ3v) is 2.92. The number of carboxylic acids is 1. The number of benzene rings is 2. The molecule has 0 aliphatic carbocycles. The van der Waals surface area contributed by atoms with Crippen molar-refractivity contribution in [1.29, 1.82) is 0 Å². The molecule has 17 heavy (non-hydrogen) atoms. The first-order valence-corrected chi connectivity index (χ1v) is 5.36. The molecule has 0 aromatic heterocycles. The van der Waals surface area contributed by atoms with Crippen molar-refractivity contribution in [1.82, 2.24) is 0 Å². The molecule has 0 unspecified atom stereocenters. The highest BCUT2D eigenvalue weighted by Crippen LogP contribution is 2.36. The summed E-state index contributed by atoms with van der Waals surface area (Å²) in [4.78, 5) is 11.1. The van der Waals surface area contributed by atoms with E-state index >= 15 is 0 Å². The van der Waals surface area contributed by atoms with E-state index in [4.69, 9.17) is 9.84 Å². The fraction of sp³-hybridized carbons (Fsp3) is 0.0714. The van der Waals surface area contributed by atoms with E-state index < -0.39 is 5.97 Å². The van der Waals surface area contributed by atoms with Gasteiger partial charge in [0.2, 0.25) is 0 Å². The van der Waals surface area contributed by atoms with Gasteiger partial charge in [0.1, 0.15) is 12.4 Å². The van der Waals surface area contributed by atoms with Crippen molar-refractivity contribution in [3.05, 3.63) is 48.0 Å². The largest absolute Gasteiger partial charge is 0.488 e. The van der Waals surface area contributed by atoms with E-state index in [1.165, 1.54) is 0 Å². The predicted molar refractivity (Wildman–Crippen MR) is 65.1 cm³/mol. The van der Waals surface area contributed by atoms with Gasteiger partial charge in [-0.1, -0.05) is 30.3 Å². The number of hydrogen-bond donors (Lipinski definition) is 1. The first kappa shape index (κ1) is 9.90. The van der Waals surface area contributed by atoms with Crippen molar-refractivity contribution < 1.29 is 14.6 Å². The third-order valence-electron chi connectivity index (χ3n) is 2.92. The van der Waals surface area contributed by atoms with Crippen molar-refractivity contribution in [2.75, 3.05) is 6.61 Å². The second kappa shape index (κ2) is 3.63. The lowest BCUT2D eigenvalue weighted by molar-refractivity contribution is -0.130. The lowest BCUT2D eigenvalue weighted by Gasteiger charge is -2.18. The van der Waals surface area contributed by atoms with Gasteiger partial charge in [0.15, 0.2) is 0 Å². The number of carbonyl (C=O) groups is 1. The van der Waals surface area contributed by atoms with Crippen LogP contribution in [-0.4, -0.2) is 17.7 Å². The first-order valence-electron chi connectivity index (χ1n) is 5.36. The summed E-state index contributed by atoms with van der Waals surface area (Å²) in [5, 5.41) is 11.1. The monoisotopic (exact) mass is 226 g/mol. The van der Waals surface area contributed by atoms with E-state index in [1.54, 1.807) is 12.1 Å². The zero-order chi connectivity index (χ0) is 11.8. The fourth-order valence-electron chi connectivity index (χ4n) is 2.13. The van der Waals surface area contributed by atoms with Gasteiger partial charge >= 0.3 is 5.97 Å². The van der Waals surface area contributed by atoms with E-state index in [-0.39, 0.29) is 0 Å². The van der Waals surface area contributed by atoms with Crippen molar-refractivity contribution in [3.8, 4) is 5.75 Å². The van der Waals surface area contributed by atoms with Crippen LogP contribution in [0.2, 0.25) is 0 Å². The Labute approximate surface area is 97.9 Å². The van der Waals surface area contributed by atoms with Crippen LogP contribution in [0.1, 0.15) is 5.56 Å². The maximum Gasteiger partial charge on any atom is 0.336 e. The minimum absolute atomic E-state index is 0.308. The maximum absolute atomic E-state index is 11.1. The molecule has 3 heteroatoms. The minimum Gasteiger partial charge on any atom is -0.488 e. The molecule has 2 aromatic rings. The van der Waals surface area contributed by atoms with E-state index in [2.05, 4.69) is 0 Å². The van der Waals surface area contributed by atoms with Crippen LogP contribution >= 0.6 is 0 Å². The molecule has 0 saturated carbocycles. The average Bonchev–Trinajstić information content (AvgIpc) is 2.37. The Kier molecular flexibility index (Phi) is 2.11. The SMILES string of the molecule is O=C(O)C1=CCOc2c1ccc1ccccc21. The highest BCUT2D eigenvalue weighted by Gasteiger charge is 2.20. The molecule has 0 radical (unpaired) electrons. The van der Waals surface area contributed by atoms with Crippen LogP contribution in [0.3, 0.4) is 0 Å². The highest BCUT2D eigenvalue weighted by molar-refractivity contribution is 6.18. The second-order valence-corrected chi connectivity index (χ2v) is 3.90. The van der Waals surface area contributed by atoms with Gasteiger partial charge in [-0.05, 0) is 17.5 Å². The van der Waals surface area contributed by atoms with Gasteiger partial charge in [0.05, 0.1) is 5.57 Å². The molecule has 0 bridgehead atoms. The zero-order valence-corrected chi connectivity index (χ0v) is 9.01. The normalized spacial score (nSPS) is 13.8. The Balaban J connectivity index is 2.32. The molecule has 0 saturated heterocycles. The van der Waals surface area contributed by atoms with Gasteiger partial charge in [0, 0.05) is 10.9 Å². The summed E-state index contributed by atoms with van der Waals surface area (Å²) >= 11 is 0. The molecule has 3 rings (SSSR count). The molecule has 1 aliphatic heterocycles. The maximum atomic E-state index is 11.1. The van der Waals surface area contributed by atoms with Crippen LogP contribution in [0.4, 0.5) is 0 Å². The number of carboxylic acid groups (broad SMARTS) is 1. The van der Waals surface area contributed by atoms with Crippen LogP contribution in [0.15, 0.2) is 42.5 Å².